The van der Waals surface area contributed by atoms with Crippen molar-refractivity contribution in [2.45, 2.75) is 24.8 Å². The molecule has 1 spiro atoms. The van der Waals surface area contributed by atoms with Crippen LogP contribution in [0.3, 0.4) is 0 Å². The summed E-state index contributed by atoms with van der Waals surface area (Å²) in [6, 6.07) is 3.92. The Balaban J connectivity index is 1.51. The molecule has 2 aromatic heterocycles. The lowest BCUT2D eigenvalue weighted by Crippen LogP contribution is -2.62. The van der Waals surface area contributed by atoms with E-state index in [4.69, 9.17) is 0 Å². The number of likely N-dealkylation sites (N-methyl/N-ethyl adjacent to an activating group) is 1. The highest BCUT2D eigenvalue weighted by Crippen LogP contribution is 2.31. The van der Waals surface area contributed by atoms with E-state index in [1.54, 1.807) is 23.7 Å². The molecule has 0 aromatic carbocycles. The largest absolute Gasteiger partial charge is 0.356 e. The maximum atomic E-state index is 13.0. The summed E-state index contributed by atoms with van der Waals surface area (Å²) in [4.78, 5) is 38.7. The number of piperazine rings is 1. The van der Waals surface area contributed by atoms with Crippen molar-refractivity contribution in [1.29, 1.82) is 0 Å². The van der Waals surface area contributed by atoms with Gasteiger partial charge in [0.1, 0.15) is 0 Å². The van der Waals surface area contributed by atoms with Gasteiger partial charge in [0.05, 0.1) is 10.4 Å². The minimum atomic E-state index is -0.148. The normalized spacial score (nSPS) is 23.9. The van der Waals surface area contributed by atoms with Gasteiger partial charge in [-0.05, 0) is 31.3 Å². The highest BCUT2D eigenvalue weighted by Gasteiger charge is 2.42. The summed E-state index contributed by atoms with van der Waals surface area (Å²) in [5.74, 6) is 0.704. The van der Waals surface area contributed by atoms with Gasteiger partial charge in [-0.25, -0.2) is 9.97 Å². The van der Waals surface area contributed by atoms with Crippen LogP contribution in [0.25, 0.3) is 10.7 Å². The van der Waals surface area contributed by atoms with Crippen LogP contribution in [0.2, 0.25) is 0 Å². The van der Waals surface area contributed by atoms with Crippen LogP contribution in [-0.2, 0) is 4.79 Å². The monoisotopic (exact) mass is 385 g/mol. The number of carbonyl (C=O) groups excluding carboxylic acids is 2. The van der Waals surface area contributed by atoms with Crippen LogP contribution in [0, 0.1) is 0 Å². The highest BCUT2D eigenvalue weighted by molar-refractivity contribution is 7.13. The first-order chi connectivity index (χ1) is 13.1. The Morgan fingerprint density at radius 1 is 1.26 bits per heavy atom. The van der Waals surface area contributed by atoms with Crippen LogP contribution in [0.4, 0.5) is 0 Å². The summed E-state index contributed by atoms with van der Waals surface area (Å²) in [7, 11) is 2.09. The summed E-state index contributed by atoms with van der Waals surface area (Å²) < 4.78 is 0. The Kier molecular flexibility index (Phi) is 4.92. The second-order valence-electron chi connectivity index (χ2n) is 7.25. The zero-order chi connectivity index (χ0) is 18.9. The number of hydrogen-bond donors (Lipinski definition) is 1. The van der Waals surface area contributed by atoms with E-state index in [0.717, 1.165) is 24.3 Å². The number of nitrogens with one attached hydrogen (secondary N) is 1. The predicted octanol–water partition coefficient (Wildman–Crippen LogP) is 1.63. The maximum Gasteiger partial charge on any atom is 0.257 e. The molecule has 0 aliphatic carbocycles. The summed E-state index contributed by atoms with van der Waals surface area (Å²) in [5, 5.41) is 4.92. The molecule has 4 rings (SSSR count). The SMILES string of the molecule is CN1CCN(C(=O)c2cnc(-c3cccs3)nc2)C[C@]12CCNC(=O)CC2. The average molecular weight is 385 g/mol. The Hall–Kier alpha value is -2.32. The molecule has 2 amide bonds. The quantitative estimate of drug-likeness (QED) is 0.850. The molecule has 0 saturated carbocycles. The van der Waals surface area contributed by atoms with Crippen molar-refractivity contribution in [3.63, 3.8) is 0 Å². The molecule has 1 N–H and O–H groups in total. The third-order valence-electron chi connectivity index (χ3n) is 5.66. The van der Waals surface area contributed by atoms with Gasteiger partial charge in [-0.15, -0.1) is 11.3 Å². The predicted molar refractivity (Wildman–Crippen MR) is 103 cm³/mol. The van der Waals surface area contributed by atoms with Gasteiger partial charge in [0.2, 0.25) is 5.91 Å². The molecule has 4 heterocycles. The standard InChI is InChI=1S/C19H23N5O2S/c1-23-8-9-24(13-19(23)5-4-16(25)20-7-6-19)18(26)14-11-21-17(22-12-14)15-3-2-10-27-15/h2-3,10-12H,4-9,13H2,1H3,(H,20,25)/t19-/m0/s1. The molecule has 2 fully saturated rings. The molecule has 0 unspecified atom stereocenters. The smallest absolute Gasteiger partial charge is 0.257 e. The van der Waals surface area contributed by atoms with Crippen molar-refractivity contribution < 1.29 is 9.59 Å². The molecule has 0 radical (unpaired) electrons. The lowest BCUT2D eigenvalue weighted by atomic mass is 9.86. The molecular formula is C19H23N5O2S. The zero-order valence-corrected chi connectivity index (χ0v) is 16.2. The van der Waals surface area contributed by atoms with Gasteiger partial charge in [-0.2, -0.15) is 0 Å². The zero-order valence-electron chi connectivity index (χ0n) is 15.4. The molecule has 2 saturated heterocycles. The molecular weight excluding hydrogens is 362 g/mol. The van der Waals surface area contributed by atoms with Crippen LogP contribution < -0.4 is 5.32 Å². The fourth-order valence-electron chi connectivity index (χ4n) is 3.92. The molecule has 2 aliphatic rings. The first kappa shape index (κ1) is 18.1. The minimum Gasteiger partial charge on any atom is -0.356 e. The van der Waals surface area contributed by atoms with Crippen molar-refractivity contribution in [2.75, 3.05) is 33.2 Å². The summed E-state index contributed by atoms with van der Waals surface area (Å²) in [6.45, 7) is 2.76. The second-order valence-corrected chi connectivity index (χ2v) is 8.19. The fraction of sp³-hybridized carbons (Fsp3) is 0.474. The number of thiophene rings is 1. The number of nitrogens with zero attached hydrogens (tertiary/aromatic N) is 4. The highest BCUT2D eigenvalue weighted by atomic mass is 32.1. The lowest BCUT2D eigenvalue weighted by molar-refractivity contribution is -0.121. The Morgan fingerprint density at radius 3 is 2.81 bits per heavy atom. The first-order valence-corrected chi connectivity index (χ1v) is 10.1. The van der Waals surface area contributed by atoms with Gasteiger partial charge in [-0.1, -0.05) is 6.07 Å². The van der Waals surface area contributed by atoms with Gasteiger partial charge >= 0.3 is 0 Å². The van der Waals surface area contributed by atoms with Gasteiger partial charge in [0.15, 0.2) is 5.82 Å². The van der Waals surface area contributed by atoms with E-state index in [1.807, 2.05) is 22.4 Å². The van der Waals surface area contributed by atoms with E-state index in [1.165, 1.54) is 0 Å². The fourth-order valence-corrected chi connectivity index (χ4v) is 4.60. The summed E-state index contributed by atoms with van der Waals surface area (Å²) >= 11 is 1.58. The Labute approximate surface area is 162 Å². The van der Waals surface area contributed by atoms with Crippen molar-refractivity contribution in [3.05, 3.63) is 35.5 Å². The van der Waals surface area contributed by atoms with Crippen LogP contribution >= 0.6 is 11.3 Å². The molecule has 8 heteroatoms. The van der Waals surface area contributed by atoms with Crippen molar-refractivity contribution in [3.8, 4) is 10.7 Å². The third kappa shape index (κ3) is 3.59. The van der Waals surface area contributed by atoms with Crippen molar-refractivity contribution in [1.82, 2.24) is 25.1 Å². The van der Waals surface area contributed by atoms with E-state index < -0.39 is 0 Å². The van der Waals surface area contributed by atoms with Crippen molar-refractivity contribution in [2.24, 2.45) is 0 Å². The summed E-state index contributed by atoms with van der Waals surface area (Å²) in [5.41, 5.74) is 0.364. The molecule has 7 nitrogen and oxygen atoms in total. The Bertz CT molecular complexity index is 823. The number of rotatable bonds is 2. The van der Waals surface area contributed by atoms with Gasteiger partial charge < -0.3 is 10.2 Å². The Morgan fingerprint density at radius 2 is 2.07 bits per heavy atom. The van der Waals surface area contributed by atoms with Crippen LogP contribution in [0.5, 0.6) is 0 Å². The lowest BCUT2D eigenvalue weighted by Gasteiger charge is -2.49. The van der Waals surface area contributed by atoms with E-state index in [0.29, 0.717) is 37.4 Å². The van der Waals surface area contributed by atoms with Gasteiger partial charge in [0.25, 0.3) is 5.91 Å². The number of carbonyl (C=O) groups is 2. The number of amides is 2. The molecule has 2 aromatic rings. The molecule has 2 aliphatic heterocycles. The first-order valence-electron chi connectivity index (χ1n) is 9.21. The summed E-state index contributed by atoms with van der Waals surface area (Å²) in [6.07, 6.45) is 5.37. The number of aromatic nitrogens is 2. The van der Waals surface area contributed by atoms with Crippen molar-refractivity contribution >= 4 is 23.2 Å². The van der Waals surface area contributed by atoms with E-state index in [2.05, 4.69) is 27.2 Å². The third-order valence-corrected chi connectivity index (χ3v) is 6.52. The number of hydrogen-bond acceptors (Lipinski definition) is 6. The van der Waals surface area contributed by atoms with E-state index in [-0.39, 0.29) is 17.4 Å². The van der Waals surface area contributed by atoms with E-state index >= 15 is 0 Å². The molecule has 0 bridgehead atoms. The second kappa shape index (κ2) is 7.36. The van der Waals surface area contributed by atoms with Gasteiger partial charge in [-0.3, -0.25) is 14.5 Å². The maximum absolute atomic E-state index is 13.0. The van der Waals surface area contributed by atoms with Crippen LogP contribution in [0.1, 0.15) is 29.6 Å². The molecule has 27 heavy (non-hydrogen) atoms. The van der Waals surface area contributed by atoms with E-state index in [9.17, 15) is 9.59 Å². The molecule has 142 valence electrons. The van der Waals surface area contributed by atoms with Crippen LogP contribution in [0.15, 0.2) is 29.9 Å². The molecule has 1 atom stereocenters. The minimum absolute atomic E-state index is 0.0382. The van der Waals surface area contributed by atoms with Crippen LogP contribution in [-0.4, -0.2) is 70.3 Å². The topological polar surface area (TPSA) is 78.4 Å². The average Bonchev–Trinajstić information content (AvgIpc) is 3.16. The van der Waals surface area contributed by atoms with Gasteiger partial charge in [0, 0.05) is 50.5 Å².